The zero-order valence-corrected chi connectivity index (χ0v) is 17.5. The van der Waals surface area contributed by atoms with Gasteiger partial charge in [0.05, 0.1) is 18.7 Å². The van der Waals surface area contributed by atoms with Crippen molar-refractivity contribution < 1.29 is 22.7 Å². The van der Waals surface area contributed by atoms with Crippen LogP contribution in [0.1, 0.15) is 29.2 Å². The summed E-state index contributed by atoms with van der Waals surface area (Å²) in [6, 6.07) is 9.41. The van der Waals surface area contributed by atoms with Gasteiger partial charge in [-0.3, -0.25) is 0 Å². The molecule has 0 saturated carbocycles. The van der Waals surface area contributed by atoms with Gasteiger partial charge >= 0.3 is 6.18 Å². The number of guanidine groups is 1. The van der Waals surface area contributed by atoms with Gasteiger partial charge in [0.1, 0.15) is 5.82 Å². The van der Waals surface area contributed by atoms with Crippen molar-refractivity contribution in [3.8, 4) is 0 Å². The Labute approximate surface area is 178 Å². The highest BCUT2D eigenvalue weighted by molar-refractivity contribution is 14.0. The van der Waals surface area contributed by atoms with Crippen molar-refractivity contribution >= 4 is 29.9 Å². The Bertz CT molecular complexity index is 797. The molecule has 28 heavy (non-hydrogen) atoms. The molecular formula is C19H22F4IN3O. The summed E-state index contributed by atoms with van der Waals surface area (Å²) < 4.78 is 51.8. The third-order valence-corrected chi connectivity index (χ3v) is 3.76. The molecule has 0 bridgehead atoms. The van der Waals surface area contributed by atoms with Crippen LogP contribution in [0.5, 0.6) is 0 Å². The fourth-order valence-electron chi connectivity index (χ4n) is 2.40. The molecule has 0 unspecified atom stereocenters. The van der Waals surface area contributed by atoms with Crippen LogP contribution < -0.4 is 10.6 Å². The van der Waals surface area contributed by atoms with Crippen molar-refractivity contribution in [2.24, 2.45) is 4.99 Å². The maximum Gasteiger partial charge on any atom is 0.416 e. The minimum Gasteiger partial charge on any atom is -0.392 e. The smallest absolute Gasteiger partial charge is 0.392 e. The Hall–Kier alpha value is -1.88. The summed E-state index contributed by atoms with van der Waals surface area (Å²) >= 11 is 0. The Morgan fingerprint density at radius 2 is 1.82 bits per heavy atom. The molecule has 2 aromatic carbocycles. The highest BCUT2D eigenvalue weighted by atomic mass is 127. The topological polar surface area (TPSA) is 56.7 Å². The second kappa shape index (κ2) is 11.2. The molecule has 0 fully saturated rings. The van der Waals surface area contributed by atoms with Crippen molar-refractivity contribution in [2.75, 3.05) is 6.54 Å². The summed E-state index contributed by atoms with van der Waals surface area (Å²) in [5.41, 5.74) is 0.660. The minimum atomic E-state index is -4.39. The number of hydrogen-bond donors (Lipinski definition) is 3. The quantitative estimate of drug-likeness (QED) is 0.236. The number of hydrogen-bond acceptors (Lipinski definition) is 2. The molecule has 0 aliphatic carbocycles. The highest BCUT2D eigenvalue weighted by Crippen LogP contribution is 2.29. The lowest BCUT2D eigenvalue weighted by molar-refractivity contribution is -0.137. The van der Waals surface area contributed by atoms with E-state index in [-0.39, 0.29) is 36.1 Å². The number of rotatable bonds is 6. The predicted molar refractivity (Wildman–Crippen MR) is 111 cm³/mol. The van der Waals surface area contributed by atoms with Gasteiger partial charge < -0.3 is 15.7 Å². The zero-order chi connectivity index (χ0) is 19.9. The fourth-order valence-corrected chi connectivity index (χ4v) is 2.40. The average Bonchev–Trinajstić information content (AvgIpc) is 2.64. The van der Waals surface area contributed by atoms with E-state index in [1.165, 1.54) is 12.1 Å². The summed E-state index contributed by atoms with van der Waals surface area (Å²) in [6.45, 7) is 2.43. The van der Waals surface area contributed by atoms with E-state index in [9.17, 15) is 17.6 Å². The van der Waals surface area contributed by atoms with Gasteiger partial charge in [0, 0.05) is 18.7 Å². The molecule has 2 aromatic rings. The summed E-state index contributed by atoms with van der Waals surface area (Å²) in [5, 5.41) is 15.2. The van der Waals surface area contributed by atoms with Crippen molar-refractivity contribution in [2.45, 2.75) is 32.8 Å². The number of aliphatic imine (C=N–C) groups is 1. The van der Waals surface area contributed by atoms with E-state index in [2.05, 4.69) is 15.6 Å². The first-order valence-electron chi connectivity index (χ1n) is 8.40. The van der Waals surface area contributed by atoms with Crippen LogP contribution in [0.3, 0.4) is 0 Å². The van der Waals surface area contributed by atoms with Crippen molar-refractivity contribution in [3.05, 3.63) is 70.5 Å². The molecule has 4 nitrogen and oxygen atoms in total. The van der Waals surface area contributed by atoms with E-state index in [1.807, 2.05) is 6.92 Å². The SMILES string of the molecule is CCNC(=NCc1cccc(C(F)(F)F)c1)NCc1ccc(F)c(CO)c1.I. The first kappa shape index (κ1) is 24.2. The molecular weight excluding hydrogens is 489 g/mol. The second-order valence-electron chi connectivity index (χ2n) is 5.83. The maximum absolute atomic E-state index is 13.4. The average molecular weight is 511 g/mol. The van der Waals surface area contributed by atoms with Gasteiger partial charge in [-0.2, -0.15) is 13.2 Å². The van der Waals surface area contributed by atoms with Crippen LogP contribution in [0, 0.1) is 5.82 Å². The first-order valence-corrected chi connectivity index (χ1v) is 8.40. The lowest BCUT2D eigenvalue weighted by Crippen LogP contribution is -2.36. The van der Waals surface area contributed by atoms with Crippen molar-refractivity contribution in [1.82, 2.24) is 10.6 Å². The summed E-state index contributed by atoms with van der Waals surface area (Å²) in [5.74, 6) is -0.0591. The van der Waals surface area contributed by atoms with Crippen molar-refractivity contribution in [1.29, 1.82) is 0 Å². The summed E-state index contributed by atoms with van der Waals surface area (Å²) in [4.78, 5) is 4.29. The normalized spacial score (nSPS) is 11.7. The molecule has 0 saturated heterocycles. The van der Waals surface area contributed by atoms with E-state index in [0.717, 1.165) is 17.7 Å². The Morgan fingerprint density at radius 3 is 2.46 bits per heavy atom. The molecule has 0 aromatic heterocycles. The molecule has 0 heterocycles. The number of halogens is 5. The van der Waals surface area contributed by atoms with Crippen molar-refractivity contribution in [3.63, 3.8) is 0 Å². The standard InChI is InChI=1S/C19H21F4N3O.HI/c1-2-24-18(26-11-14-6-7-17(20)15(8-14)12-27)25-10-13-4-3-5-16(9-13)19(21,22)23;/h3-9,27H,2,10-12H2,1H3,(H2,24,25,26);1H. The summed E-state index contributed by atoms with van der Waals surface area (Å²) in [7, 11) is 0. The first-order chi connectivity index (χ1) is 12.8. The number of aliphatic hydroxyl groups is 1. The third kappa shape index (κ3) is 7.27. The van der Waals surface area contributed by atoms with E-state index in [1.54, 1.807) is 18.2 Å². The molecule has 9 heteroatoms. The minimum absolute atomic E-state index is 0. The molecule has 0 atom stereocenters. The van der Waals surface area contributed by atoms with Gasteiger partial charge in [0.25, 0.3) is 0 Å². The number of alkyl halides is 3. The number of aliphatic hydroxyl groups excluding tert-OH is 1. The Balaban J connectivity index is 0.00000392. The van der Waals surface area contributed by atoms with Gasteiger partial charge in [-0.05, 0) is 42.3 Å². The summed E-state index contributed by atoms with van der Waals surface area (Å²) in [6.07, 6.45) is -4.39. The lowest BCUT2D eigenvalue weighted by atomic mass is 10.1. The molecule has 0 radical (unpaired) electrons. The third-order valence-electron chi connectivity index (χ3n) is 3.76. The molecule has 0 spiro atoms. The molecule has 0 aliphatic heterocycles. The van der Waals surface area contributed by atoms with E-state index < -0.39 is 24.2 Å². The molecule has 0 aliphatic rings. The van der Waals surface area contributed by atoms with Gasteiger partial charge in [0.2, 0.25) is 0 Å². The molecule has 0 amide bonds. The van der Waals surface area contributed by atoms with Crippen LogP contribution in [-0.2, 0) is 25.9 Å². The van der Waals surface area contributed by atoms with Gasteiger partial charge in [-0.1, -0.05) is 18.2 Å². The number of nitrogens with zero attached hydrogens (tertiary/aromatic N) is 1. The monoisotopic (exact) mass is 511 g/mol. The van der Waals surface area contributed by atoms with Gasteiger partial charge in [0.15, 0.2) is 5.96 Å². The lowest BCUT2D eigenvalue weighted by Gasteiger charge is -2.12. The molecule has 2 rings (SSSR count). The number of benzene rings is 2. The van der Waals surface area contributed by atoms with E-state index >= 15 is 0 Å². The molecule has 3 N–H and O–H groups in total. The van der Waals surface area contributed by atoms with Gasteiger partial charge in [-0.25, -0.2) is 9.38 Å². The van der Waals surface area contributed by atoms with Crippen LogP contribution >= 0.6 is 24.0 Å². The Morgan fingerprint density at radius 1 is 1.07 bits per heavy atom. The second-order valence-corrected chi connectivity index (χ2v) is 5.83. The molecule has 154 valence electrons. The zero-order valence-electron chi connectivity index (χ0n) is 15.2. The van der Waals surface area contributed by atoms with E-state index in [0.29, 0.717) is 24.6 Å². The van der Waals surface area contributed by atoms with Crippen LogP contribution in [0.25, 0.3) is 0 Å². The number of nitrogens with one attached hydrogen (secondary N) is 2. The maximum atomic E-state index is 13.4. The van der Waals surface area contributed by atoms with Crippen LogP contribution in [0.4, 0.5) is 17.6 Å². The predicted octanol–water partition coefficient (Wildman–Crippen LogP) is 4.21. The largest absolute Gasteiger partial charge is 0.416 e. The van der Waals surface area contributed by atoms with Crippen LogP contribution in [-0.4, -0.2) is 17.6 Å². The van der Waals surface area contributed by atoms with Crippen LogP contribution in [0.15, 0.2) is 47.5 Å². The van der Waals surface area contributed by atoms with Gasteiger partial charge in [-0.15, -0.1) is 24.0 Å². The van der Waals surface area contributed by atoms with E-state index in [4.69, 9.17) is 5.11 Å². The Kier molecular flexibility index (Phi) is 9.66. The fraction of sp³-hybridized carbons (Fsp3) is 0.316. The highest BCUT2D eigenvalue weighted by Gasteiger charge is 2.30. The van der Waals surface area contributed by atoms with Crippen LogP contribution in [0.2, 0.25) is 0 Å².